The van der Waals surface area contributed by atoms with Crippen LogP contribution < -0.4 is 0 Å². The average molecular weight is 283 g/mol. The molecule has 0 amide bonds. The number of alkyl halides is 1. The molecule has 1 unspecified atom stereocenters. The van der Waals surface area contributed by atoms with Gasteiger partial charge in [-0.15, -0.1) is 11.6 Å². The largest absolute Gasteiger partial charge is 0.379 e. The van der Waals surface area contributed by atoms with Crippen LogP contribution in [0.15, 0.2) is 18.2 Å². The van der Waals surface area contributed by atoms with E-state index >= 15 is 0 Å². The van der Waals surface area contributed by atoms with Gasteiger partial charge < -0.3 is 9.30 Å². The number of nitrogens with zero attached hydrogens (tertiary/aromatic N) is 2. The third-order valence-electron chi connectivity index (χ3n) is 3.54. The Morgan fingerprint density at radius 1 is 1.47 bits per heavy atom. The number of fused-ring (bicyclic) bond motifs is 1. The molecule has 19 heavy (non-hydrogen) atoms. The summed E-state index contributed by atoms with van der Waals surface area (Å²) in [5.74, 6) is 1.20. The van der Waals surface area contributed by atoms with Gasteiger partial charge in [0.15, 0.2) is 0 Å². The summed E-state index contributed by atoms with van der Waals surface area (Å²) in [7, 11) is 0. The predicted molar refractivity (Wildman–Crippen MR) is 73.2 cm³/mol. The van der Waals surface area contributed by atoms with E-state index in [9.17, 15) is 4.39 Å². The summed E-state index contributed by atoms with van der Waals surface area (Å²) in [5.41, 5.74) is 1.67. The zero-order valence-corrected chi connectivity index (χ0v) is 11.4. The van der Waals surface area contributed by atoms with E-state index in [0.717, 1.165) is 36.3 Å². The van der Waals surface area contributed by atoms with Crippen LogP contribution in [0.25, 0.3) is 11.0 Å². The van der Waals surface area contributed by atoms with E-state index < -0.39 is 0 Å². The summed E-state index contributed by atoms with van der Waals surface area (Å²) >= 11 is 5.85. The predicted octanol–water partition coefficient (Wildman–Crippen LogP) is 3.31. The van der Waals surface area contributed by atoms with E-state index in [1.54, 1.807) is 12.1 Å². The normalized spacial score (nSPS) is 20.0. The minimum atomic E-state index is -0.234. The topological polar surface area (TPSA) is 27.1 Å². The van der Waals surface area contributed by atoms with Gasteiger partial charge in [0, 0.05) is 18.9 Å². The summed E-state index contributed by atoms with van der Waals surface area (Å²) in [4.78, 5) is 4.58. The Hall–Kier alpha value is -1.13. The van der Waals surface area contributed by atoms with E-state index in [1.807, 2.05) is 0 Å². The number of benzene rings is 1. The average Bonchev–Trinajstić information content (AvgIpc) is 2.77. The smallest absolute Gasteiger partial charge is 0.125 e. The maximum Gasteiger partial charge on any atom is 0.125 e. The van der Waals surface area contributed by atoms with Gasteiger partial charge in [0.2, 0.25) is 0 Å². The third-order valence-corrected chi connectivity index (χ3v) is 3.73. The van der Waals surface area contributed by atoms with Crippen LogP contribution in [0.4, 0.5) is 4.39 Å². The minimum Gasteiger partial charge on any atom is -0.379 e. The number of halogens is 2. The number of aromatic nitrogens is 2. The SMILES string of the molecule is Fc1ccc2nc(CCCl)n(C3CCCOC3)c2c1. The Balaban J connectivity index is 2.11. The van der Waals surface area contributed by atoms with Crippen molar-refractivity contribution in [2.24, 2.45) is 0 Å². The first-order valence-corrected chi connectivity index (χ1v) is 7.13. The van der Waals surface area contributed by atoms with Gasteiger partial charge in [0.05, 0.1) is 23.7 Å². The Bertz CT molecular complexity index is 578. The quantitative estimate of drug-likeness (QED) is 0.808. The van der Waals surface area contributed by atoms with Crippen molar-refractivity contribution in [2.45, 2.75) is 25.3 Å². The molecule has 0 aliphatic carbocycles. The second kappa shape index (κ2) is 5.47. The molecule has 2 aromatic rings. The van der Waals surface area contributed by atoms with Crippen LogP contribution in [-0.4, -0.2) is 28.6 Å². The molecule has 0 spiro atoms. The molecule has 1 aromatic heterocycles. The van der Waals surface area contributed by atoms with Crippen molar-refractivity contribution >= 4 is 22.6 Å². The molecule has 2 heterocycles. The highest BCUT2D eigenvalue weighted by molar-refractivity contribution is 6.17. The van der Waals surface area contributed by atoms with Crippen molar-refractivity contribution in [2.75, 3.05) is 19.1 Å². The van der Waals surface area contributed by atoms with Gasteiger partial charge in [-0.25, -0.2) is 9.37 Å². The van der Waals surface area contributed by atoms with E-state index in [1.165, 1.54) is 6.07 Å². The van der Waals surface area contributed by atoms with Crippen LogP contribution in [0, 0.1) is 5.82 Å². The highest BCUT2D eigenvalue weighted by Crippen LogP contribution is 2.27. The monoisotopic (exact) mass is 282 g/mol. The Morgan fingerprint density at radius 3 is 3.11 bits per heavy atom. The number of imidazole rings is 1. The first-order chi connectivity index (χ1) is 9.29. The highest BCUT2D eigenvalue weighted by atomic mass is 35.5. The molecule has 0 radical (unpaired) electrons. The third kappa shape index (κ3) is 2.47. The van der Waals surface area contributed by atoms with Crippen molar-refractivity contribution in [1.29, 1.82) is 0 Å². The molecule has 0 bridgehead atoms. The first-order valence-electron chi connectivity index (χ1n) is 6.59. The Morgan fingerprint density at radius 2 is 2.37 bits per heavy atom. The highest BCUT2D eigenvalue weighted by Gasteiger charge is 2.21. The van der Waals surface area contributed by atoms with Crippen molar-refractivity contribution in [3.8, 4) is 0 Å². The summed E-state index contributed by atoms with van der Waals surface area (Å²) in [6.07, 6.45) is 2.76. The Labute approximate surface area is 116 Å². The van der Waals surface area contributed by atoms with Crippen molar-refractivity contribution in [3.63, 3.8) is 0 Å². The van der Waals surface area contributed by atoms with Crippen LogP contribution in [0.2, 0.25) is 0 Å². The lowest BCUT2D eigenvalue weighted by molar-refractivity contribution is 0.0596. The molecule has 1 atom stereocenters. The molecular formula is C14H16ClFN2O. The molecule has 1 aliphatic rings. The Kier molecular flexibility index (Phi) is 3.71. The lowest BCUT2D eigenvalue weighted by Crippen LogP contribution is -2.23. The molecule has 102 valence electrons. The molecule has 1 fully saturated rings. The number of ether oxygens (including phenoxy) is 1. The van der Waals surface area contributed by atoms with Crippen molar-refractivity contribution < 1.29 is 9.13 Å². The maximum absolute atomic E-state index is 13.5. The molecular weight excluding hydrogens is 267 g/mol. The number of hydrogen-bond donors (Lipinski definition) is 0. The van der Waals surface area contributed by atoms with Crippen LogP contribution in [0.5, 0.6) is 0 Å². The van der Waals surface area contributed by atoms with Crippen molar-refractivity contribution in [3.05, 3.63) is 29.8 Å². The van der Waals surface area contributed by atoms with Gasteiger partial charge in [-0.3, -0.25) is 0 Å². The fourth-order valence-corrected chi connectivity index (χ4v) is 2.88. The van der Waals surface area contributed by atoms with Gasteiger partial charge in [-0.1, -0.05) is 0 Å². The molecule has 1 saturated heterocycles. The van der Waals surface area contributed by atoms with Crippen LogP contribution in [0.1, 0.15) is 24.7 Å². The van der Waals surface area contributed by atoms with E-state index in [-0.39, 0.29) is 11.9 Å². The van der Waals surface area contributed by atoms with Gasteiger partial charge in [-0.2, -0.15) is 0 Å². The number of rotatable bonds is 3. The summed E-state index contributed by atoms with van der Waals surface area (Å²) in [5, 5.41) is 0. The number of aryl methyl sites for hydroxylation is 1. The lowest BCUT2D eigenvalue weighted by Gasteiger charge is -2.25. The summed E-state index contributed by atoms with van der Waals surface area (Å²) in [6, 6.07) is 4.96. The van der Waals surface area contributed by atoms with E-state index in [4.69, 9.17) is 16.3 Å². The van der Waals surface area contributed by atoms with Gasteiger partial charge >= 0.3 is 0 Å². The van der Waals surface area contributed by atoms with Crippen LogP contribution in [0.3, 0.4) is 0 Å². The molecule has 5 heteroatoms. The zero-order valence-electron chi connectivity index (χ0n) is 10.6. The van der Waals surface area contributed by atoms with Crippen LogP contribution in [-0.2, 0) is 11.2 Å². The number of hydrogen-bond acceptors (Lipinski definition) is 2. The fraction of sp³-hybridized carbons (Fsp3) is 0.500. The first kappa shape index (κ1) is 12.9. The van der Waals surface area contributed by atoms with Crippen molar-refractivity contribution in [1.82, 2.24) is 9.55 Å². The summed E-state index contributed by atoms with van der Waals surface area (Å²) in [6.45, 7) is 1.47. The van der Waals surface area contributed by atoms with E-state index in [0.29, 0.717) is 18.9 Å². The minimum absolute atomic E-state index is 0.234. The summed E-state index contributed by atoms with van der Waals surface area (Å²) < 4.78 is 21.1. The van der Waals surface area contributed by atoms with Gasteiger partial charge in [0.1, 0.15) is 11.6 Å². The molecule has 3 nitrogen and oxygen atoms in total. The molecule has 0 N–H and O–H groups in total. The molecule has 1 aromatic carbocycles. The second-order valence-corrected chi connectivity index (χ2v) is 5.22. The zero-order chi connectivity index (χ0) is 13.2. The van der Waals surface area contributed by atoms with Crippen LogP contribution >= 0.6 is 11.6 Å². The standard InChI is InChI=1S/C14H16ClFN2O/c15-6-5-14-17-12-4-3-10(16)8-13(12)18(14)11-2-1-7-19-9-11/h3-4,8,11H,1-2,5-7,9H2. The molecule has 1 aliphatic heterocycles. The molecule has 3 rings (SSSR count). The van der Waals surface area contributed by atoms with E-state index in [2.05, 4.69) is 9.55 Å². The fourth-order valence-electron chi connectivity index (χ4n) is 2.71. The maximum atomic E-state index is 13.5. The van der Waals surface area contributed by atoms with Gasteiger partial charge in [-0.05, 0) is 31.0 Å². The van der Waals surface area contributed by atoms with Gasteiger partial charge in [0.25, 0.3) is 0 Å². The lowest BCUT2D eigenvalue weighted by atomic mass is 10.1. The molecule has 0 saturated carbocycles. The second-order valence-electron chi connectivity index (χ2n) is 4.84.